The quantitative estimate of drug-likeness (QED) is 0.632. The van der Waals surface area contributed by atoms with Crippen LogP contribution in [0.2, 0.25) is 0 Å². The number of aliphatic hydroxyl groups excluding tert-OH is 1. The van der Waals surface area contributed by atoms with Gasteiger partial charge < -0.3 is 20.7 Å². The van der Waals surface area contributed by atoms with Gasteiger partial charge in [-0.1, -0.05) is 13.8 Å². The van der Waals surface area contributed by atoms with Crippen LogP contribution in [0.4, 0.5) is 9.18 Å². The van der Waals surface area contributed by atoms with E-state index in [1.54, 1.807) is 6.07 Å². The molecule has 0 fully saturated rings. The molecule has 0 aliphatic heterocycles. The van der Waals surface area contributed by atoms with Crippen LogP contribution in [0.3, 0.4) is 0 Å². The minimum atomic E-state index is -0.524. The smallest absolute Gasteiger partial charge is 0.314 e. The Balaban J connectivity index is 1.74. The van der Waals surface area contributed by atoms with Gasteiger partial charge in [-0.05, 0) is 42.5 Å². The third kappa shape index (κ3) is 5.25. The highest BCUT2D eigenvalue weighted by atomic mass is 19.1. The van der Waals surface area contributed by atoms with Crippen molar-refractivity contribution >= 4 is 16.9 Å². The van der Waals surface area contributed by atoms with E-state index in [1.165, 1.54) is 12.1 Å². The largest absolute Gasteiger partial charge is 0.391 e. The summed E-state index contributed by atoms with van der Waals surface area (Å²) in [6.45, 7) is 4.76. The Hall–Kier alpha value is -2.08. The molecule has 1 unspecified atom stereocenters. The molecule has 1 heterocycles. The number of H-pyrrole nitrogens is 1. The summed E-state index contributed by atoms with van der Waals surface area (Å²) in [5.41, 5.74) is 1.78. The van der Waals surface area contributed by atoms with Crippen molar-refractivity contribution in [3.05, 3.63) is 35.8 Å². The van der Waals surface area contributed by atoms with E-state index < -0.39 is 6.10 Å². The highest BCUT2D eigenvalue weighted by Crippen LogP contribution is 2.19. The lowest BCUT2D eigenvalue weighted by Crippen LogP contribution is -2.40. The fourth-order valence-electron chi connectivity index (χ4n) is 2.58. The van der Waals surface area contributed by atoms with Gasteiger partial charge in [0.05, 0.1) is 6.10 Å². The molecule has 0 aliphatic rings. The van der Waals surface area contributed by atoms with Crippen LogP contribution in [-0.4, -0.2) is 35.3 Å². The minimum Gasteiger partial charge on any atom is -0.391 e. The van der Waals surface area contributed by atoms with Crippen LogP contribution < -0.4 is 10.6 Å². The summed E-state index contributed by atoms with van der Waals surface area (Å²) in [4.78, 5) is 14.7. The van der Waals surface area contributed by atoms with Gasteiger partial charge in [0.1, 0.15) is 5.82 Å². The Labute approximate surface area is 135 Å². The second kappa shape index (κ2) is 7.97. The first kappa shape index (κ1) is 17.3. The first-order valence-corrected chi connectivity index (χ1v) is 7.91. The lowest BCUT2D eigenvalue weighted by molar-refractivity contribution is 0.147. The van der Waals surface area contributed by atoms with Gasteiger partial charge in [-0.2, -0.15) is 0 Å². The molecule has 2 rings (SSSR count). The van der Waals surface area contributed by atoms with E-state index in [0.717, 1.165) is 16.5 Å². The van der Waals surface area contributed by atoms with Crippen molar-refractivity contribution in [1.82, 2.24) is 15.6 Å². The van der Waals surface area contributed by atoms with Gasteiger partial charge >= 0.3 is 6.03 Å². The van der Waals surface area contributed by atoms with Crippen molar-refractivity contribution in [2.45, 2.75) is 32.8 Å². The predicted molar refractivity (Wildman–Crippen MR) is 88.8 cm³/mol. The molecule has 126 valence electrons. The molecule has 1 aromatic carbocycles. The van der Waals surface area contributed by atoms with Crippen LogP contribution in [-0.2, 0) is 6.42 Å². The number of hydrogen-bond donors (Lipinski definition) is 4. The number of aromatic nitrogens is 1. The zero-order chi connectivity index (χ0) is 16.8. The molecule has 0 aliphatic carbocycles. The molecule has 0 radical (unpaired) electrons. The van der Waals surface area contributed by atoms with Crippen molar-refractivity contribution in [2.24, 2.45) is 5.92 Å². The van der Waals surface area contributed by atoms with Crippen molar-refractivity contribution in [2.75, 3.05) is 13.1 Å². The fraction of sp³-hybridized carbons (Fsp3) is 0.471. The molecule has 1 atom stereocenters. The number of fused-ring (bicyclic) bond motifs is 1. The highest BCUT2D eigenvalue weighted by Gasteiger charge is 2.09. The van der Waals surface area contributed by atoms with Gasteiger partial charge in [0, 0.05) is 30.2 Å². The number of urea groups is 1. The number of amides is 2. The van der Waals surface area contributed by atoms with E-state index in [0.29, 0.717) is 25.3 Å². The Morgan fingerprint density at radius 1 is 1.35 bits per heavy atom. The average Bonchev–Trinajstić information content (AvgIpc) is 2.87. The highest BCUT2D eigenvalue weighted by molar-refractivity contribution is 5.83. The van der Waals surface area contributed by atoms with Crippen molar-refractivity contribution in [3.8, 4) is 0 Å². The topological polar surface area (TPSA) is 77.2 Å². The molecule has 4 N–H and O–H groups in total. The zero-order valence-corrected chi connectivity index (χ0v) is 13.5. The molecule has 1 aromatic heterocycles. The zero-order valence-electron chi connectivity index (χ0n) is 13.5. The average molecular weight is 321 g/mol. The van der Waals surface area contributed by atoms with Gasteiger partial charge in [-0.3, -0.25) is 0 Å². The minimum absolute atomic E-state index is 0.246. The van der Waals surface area contributed by atoms with E-state index in [2.05, 4.69) is 15.6 Å². The maximum Gasteiger partial charge on any atom is 0.314 e. The fourth-order valence-corrected chi connectivity index (χ4v) is 2.58. The van der Waals surface area contributed by atoms with Gasteiger partial charge in [-0.15, -0.1) is 0 Å². The summed E-state index contributed by atoms with van der Waals surface area (Å²) in [7, 11) is 0. The van der Waals surface area contributed by atoms with E-state index in [1.807, 2.05) is 20.0 Å². The summed E-state index contributed by atoms with van der Waals surface area (Å²) >= 11 is 0. The molecule has 0 saturated carbocycles. The van der Waals surface area contributed by atoms with Gasteiger partial charge in [0.15, 0.2) is 0 Å². The van der Waals surface area contributed by atoms with Crippen LogP contribution in [0, 0.1) is 11.7 Å². The van der Waals surface area contributed by atoms with Gasteiger partial charge in [0.2, 0.25) is 0 Å². The van der Waals surface area contributed by atoms with E-state index >= 15 is 0 Å². The Bertz CT molecular complexity index is 654. The number of aliphatic hydroxyl groups is 1. The standard InChI is InChI=1S/C17H24FN3O2/c1-11(2)7-14(22)10-21-17(23)19-6-5-12-9-20-16-8-13(18)3-4-15(12)16/h3-4,8-9,11,14,20,22H,5-7,10H2,1-2H3,(H2,19,21,23). The number of aromatic amines is 1. The van der Waals surface area contributed by atoms with E-state index in [4.69, 9.17) is 0 Å². The summed E-state index contributed by atoms with van der Waals surface area (Å²) in [5.74, 6) is 0.116. The number of hydrogen-bond acceptors (Lipinski definition) is 2. The molecule has 23 heavy (non-hydrogen) atoms. The number of benzene rings is 1. The van der Waals surface area contributed by atoms with Crippen LogP contribution in [0.1, 0.15) is 25.8 Å². The summed E-state index contributed by atoms with van der Waals surface area (Å²) in [6, 6.07) is 4.32. The molecule has 0 spiro atoms. The van der Waals surface area contributed by atoms with Crippen LogP contribution in [0.25, 0.3) is 10.9 Å². The lowest BCUT2D eigenvalue weighted by Gasteiger charge is -2.14. The first-order valence-electron chi connectivity index (χ1n) is 7.91. The Kier molecular flexibility index (Phi) is 5.98. The van der Waals surface area contributed by atoms with Crippen molar-refractivity contribution in [1.29, 1.82) is 0 Å². The number of carbonyl (C=O) groups is 1. The third-order valence-corrected chi connectivity index (χ3v) is 3.65. The molecular weight excluding hydrogens is 297 g/mol. The summed E-state index contributed by atoms with van der Waals surface area (Å²) in [5, 5.41) is 16.1. The number of nitrogens with one attached hydrogen (secondary N) is 3. The SMILES string of the molecule is CC(C)CC(O)CNC(=O)NCCc1c[nH]c2cc(F)ccc12. The molecule has 0 saturated heterocycles. The number of carbonyl (C=O) groups excluding carboxylic acids is 1. The third-order valence-electron chi connectivity index (χ3n) is 3.65. The van der Waals surface area contributed by atoms with Gasteiger partial charge in [0.25, 0.3) is 0 Å². The molecule has 2 amide bonds. The summed E-state index contributed by atoms with van der Waals surface area (Å²) < 4.78 is 13.1. The molecule has 2 aromatic rings. The monoisotopic (exact) mass is 321 g/mol. The number of halogens is 1. The first-order chi connectivity index (χ1) is 11.0. The van der Waals surface area contributed by atoms with Crippen LogP contribution in [0.5, 0.6) is 0 Å². The maximum atomic E-state index is 13.1. The number of rotatable bonds is 7. The van der Waals surface area contributed by atoms with Crippen LogP contribution >= 0.6 is 0 Å². The lowest BCUT2D eigenvalue weighted by atomic mass is 10.1. The Morgan fingerprint density at radius 2 is 2.13 bits per heavy atom. The normalized spacial score (nSPS) is 12.6. The van der Waals surface area contributed by atoms with E-state index in [9.17, 15) is 14.3 Å². The molecule has 5 nitrogen and oxygen atoms in total. The van der Waals surface area contributed by atoms with Crippen molar-refractivity contribution in [3.63, 3.8) is 0 Å². The van der Waals surface area contributed by atoms with Crippen LogP contribution in [0.15, 0.2) is 24.4 Å². The second-order valence-electron chi connectivity index (χ2n) is 6.17. The van der Waals surface area contributed by atoms with Gasteiger partial charge in [-0.25, -0.2) is 9.18 Å². The molecule has 6 heteroatoms. The van der Waals surface area contributed by atoms with E-state index in [-0.39, 0.29) is 18.4 Å². The predicted octanol–water partition coefficient (Wildman–Crippen LogP) is 2.56. The second-order valence-corrected chi connectivity index (χ2v) is 6.17. The van der Waals surface area contributed by atoms with Crippen molar-refractivity contribution < 1.29 is 14.3 Å². The maximum absolute atomic E-state index is 13.1. The molecule has 0 bridgehead atoms. The summed E-state index contributed by atoms with van der Waals surface area (Å²) in [6.07, 6.45) is 2.61. The molecular formula is C17H24FN3O2. The Morgan fingerprint density at radius 3 is 2.87 bits per heavy atom.